The summed E-state index contributed by atoms with van der Waals surface area (Å²) in [6.07, 6.45) is 0. The van der Waals surface area contributed by atoms with Gasteiger partial charge >= 0.3 is 0 Å². The molecule has 2 N–H and O–H groups in total. The molecule has 0 saturated carbocycles. The molecular weight excluding hydrogens is 434 g/mol. The Morgan fingerprint density at radius 2 is 2.03 bits per heavy atom. The molecule has 0 aliphatic heterocycles. The van der Waals surface area contributed by atoms with Crippen LogP contribution in [0.15, 0.2) is 30.3 Å². The van der Waals surface area contributed by atoms with Crippen LogP contribution in [0.5, 0.6) is 17.2 Å². The molecule has 0 saturated heterocycles. The van der Waals surface area contributed by atoms with Crippen LogP contribution in [0.2, 0.25) is 10.2 Å². The fraction of sp³-hybridized carbons (Fsp3) is 0.150. The van der Waals surface area contributed by atoms with Gasteiger partial charge in [0, 0.05) is 18.2 Å². The minimum atomic E-state index is -0.756. The Balaban J connectivity index is 1.83. The Morgan fingerprint density at radius 3 is 2.67 bits per heavy atom. The fourth-order valence-electron chi connectivity index (χ4n) is 2.61. The Hall–Kier alpha value is -3.28. The first-order valence-corrected chi connectivity index (χ1v) is 9.32. The molecule has 0 aliphatic carbocycles. The van der Waals surface area contributed by atoms with Gasteiger partial charge in [0.25, 0.3) is 5.91 Å². The molecule has 1 heterocycles. The lowest BCUT2D eigenvalue weighted by molar-refractivity contribution is 0.0946. The lowest BCUT2D eigenvalue weighted by atomic mass is 10.2. The first-order valence-electron chi connectivity index (χ1n) is 8.56. The Morgan fingerprint density at radius 1 is 1.30 bits per heavy atom. The summed E-state index contributed by atoms with van der Waals surface area (Å²) in [4.78, 5) is 18.9. The topological polar surface area (TPSA) is 100 Å². The highest BCUT2D eigenvalue weighted by atomic mass is 35.5. The quantitative estimate of drug-likeness (QED) is 0.565. The van der Waals surface area contributed by atoms with Crippen molar-refractivity contribution in [2.24, 2.45) is 0 Å². The van der Waals surface area contributed by atoms with Crippen LogP contribution in [0.3, 0.4) is 0 Å². The zero-order valence-electron chi connectivity index (χ0n) is 15.8. The number of aryl methyl sites for hydroxylation is 1. The third kappa shape index (κ3) is 4.64. The maximum Gasteiger partial charge on any atom is 0.273 e. The molecule has 7 nitrogen and oxygen atoms in total. The molecule has 0 aliphatic rings. The van der Waals surface area contributed by atoms with Crippen LogP contribution in [0.25, 0.3) is 0 Å². The number of nitriles is 1. The van der Waals surface area contributed by atoms with Gasteiger partial charge in [-0.3, -0.25) is 4.79 Å². The molecule has 1 aromatic heterocycles. The largest absolute Gasteiger partial charge is 0.497 e. The highest BCUT2D eigenvalue weighted by Gasteiger charge is 2.19. The lowest BCUT2D eigenvalue weighted by Gasteiger charge is -2.13. The number of H-pyrrole nitrogens is 1. The summed E-state index contributed by atoms with van der Waals surface area (Å²) in [5.41, 5.74) is 0.422. The number of amides is 1. The van der Waals surface area contributed by atoms with E-state index in [9.17, 15) is 4.79 Å². The SMILES string of the molecule is COc1cc(C#N)cc(Oc2c(Cl)ccc(CNC(=O)c3nc(C)[nH]c3Cl)c2F)c1. The number of benzene rings is 2. The first-order chi connectivity index (χ1) is 14.3. The molecule has 0 atom stereocenters. The van der Waals surface area contributed by atoms with Crippen LogP contribution in [0.4, 0.5) is 4.39 Å². The van der Waals surface area contributed by atoms with Crippen LogP contribution in [0, 0.1) is 24.1 Å². The number of hydrogen-bond donors (Lipinski definition) is 2. The van der Waals surface area contributed by atoms with Gasteiger partial charge in [-0.15, -0.1) is 0 Å². The summed E-state index contributed by atoms with van der Waals surface area (Å²) < 4.78 is 25.7. The van der Waals surface area contributed by atoms with Crippen LogP contribution in [0.1, 0.15) is 27.4 Å². The average Bonchev–Trinajstić information content (AvgIpc) is 3.08. The maximum absolute atomic E-state index is 15.0. The average molecular weight is 449 g/mol. The number of nitrogens with one attached hydrogen (secondary N) is 2. The number of aromatic nitrogens is 2. The molecular formula is C20H15Cl2FN4O3. The second kappa shape index (κ2) is 9.03. The van der Waals surface area contributed by atoms with Gasteiger partial charge in [0.05, 0.1) is 23.8 Å². The number of methoxy groups -OCH3 is 1. The Labute approximate surface area is 181 Å². The molecule has 154 valence electrons. The van der Waals surface area contributed by atoms with Gasteiger partial charge in [-0.2, -0.15) is 5.26 Å². The summed E-state index contributed by atoms with van der Waals surface area (Å²) in [6.45, 7) is 1.50. The Kier molecular flexibility index (Phi) is 6.45. The van der Waals surface area contributed by atoms with Crippen molar-refractivity contribution in [3.05, 3.63) is 69.0 Å². The summed E-state index contributed by atoms with van der Waals surface area (Å²) >= 11 is 12.0. The number of carbonyl (C=O) groups excluding carboxylic acids is 1. The third-order valence-electron chi connectivity index (χ3n) is 4.03. The van der Waals surface area contributed by atoms with Crippen LogP contribution in [-0.2, 0) is 6.54 Å². The number of carbonyl (C=O) groups is 1. The van der Waals surface area contributed by atoms with E-state index in [1.807, 2.05) is 6.07 Å². The zero-order chi connectivity index (χ0) is 21.8. The van der Waals surface area contributed by atoms with E-state index in [0.717, 1.165) is 0 Å². The van der Waals surface area contributed by atoms with Gasteiger partial charge in [-0.25, -0.2) is 9.37 Å². The predicted molar refractivity (Wildman–Crippen MR) is 109 cm³/mol. The van der Waals surface area contributed by atoms with Crippen molar-refractivity contribution in [3.8, 4) is 23.3 Å². The zero-order valence-corrected chi connectivity index (χ0v) is 17.4. The van der Waals surface area contributed by atoms with E-state index >= 15 is 4.39 Å². The molecule has 3 rings (SSSR count). The van der Waals surface area contributed by atoms with E-state index in [4.69, 9.17) is 37.9 Å². The van der Waals surface area contributed by atoms with Crippen LogP contribution < -0.4 is 14.8 Å². The van der Waals surface area contributed by atoms with Crippen molar-refractivity contribution in [3.63, 3.8) is 0 Å². The maximum atomic E-state index is 15.0. The standard InChI is InChI=1S/C20H15Cl2FN4O3/c1-10-26-17(19(22)27-10)20(28)25-9-12-3-4-15(21)18(16(12)23)30-14-6-11(8-24)5-13(7-14)29-2/h3-7H,9H2,1-2H3,(H,25,28)(H,26,27). The van der Waals surface area contributed by atoms with Crippen molar-refractivity contribution >= 4 is 29.1 Å². The lowest BCUT2D eigenvalue weighted by Crippen LogP contribution is -2.24. The van der Waals surface area contributed by atoms with E-state index in [-0.39, 0.29) is 45.0 Å². The molecule has 0 unspecified atom stereocenters. The summed E-state index contributed by atoms with van der Waals surface area (Å²) in [7, 11) is 1.43. The second-order valence-corrected chi connectivity index (χ2v) is 6.91. The molecule has 2 aromatic carbocycles. The first kappa shape index (κ1) is 21.4. The number of ether oxygens (including phenoxy) is 2. The van der Waals surface area contributed by atoms with Gasteiger partial charge in [0.2, 0.25) is 0 Å². The monoisotopic (exact) mass is 448 g/mol. The highest BCUT2D eigenvalue weighted by molar-refractivity contribution is 6.32. The van der Waals surface area contributed by atoms with Gasteiger partial charge in [-0.05, 0) is 25.1 Å². The number of rotatable bonds is 6. The minimum absolute atomic E-state index is 0.0143. The van der Waals surface area contributed by atoms with E-state index in [1.165, 1.54) is 37.4 Å². The van der Waals surface area contributed by atoms with Crippen molar-refractivity contribution < 1.29 is 18.7 Å². The van der Waals surface area contributed by atoms with Crippen molar-refractivity contribution in [1.29, 1.82) is 5.26 Å². The minimum Gasteiger partial charge on any atom is -0.497 e. The highest BCUT2D eigenvalue weighted by Crippen LogP contribution is 2.35. The molecule has 3 aromatic rings. The molecule has 0 bridgehead atoms. The van der Waals surface area contributed by atoms with Crippen molar-refractivity contribution in [1.82, 2.24) is 15.3 Å². The molecule has 0 radical (unpaired) electrons. The van der Waals surface area contributed by atoms with E-state index in [0.29, 0.717) is 11.6 Å². The fourth-order valence-corrected chi connectivity index (χ4v) is 3.06. The number of hydrogen-bond acceptors (Lipinski definition) is 5. The number of imidazole rings is 1. The van der Waals surface area contributed by atoms with Crippen molar-refractivity contribution in [2.75, 3.05) is 7.11 Å². The predicted octanol–water partition coefficient (Wildman–Crippen LogP) is 4.77. The number of nitrogens with zero attached hydrogens (tertiary/aromatic N) is 2. The van der Waals surface area contributed by atoms with Gasteiger partial charge in [0.1, 0.15) is 22.5 Å². The van der Waals surface area contributed by atoms with Crippen molar-refractivity contribution in [2.45, 2.75) is 13.5 Å². The third-order valence-corrected chi connectivity index (χ3v) is 4.60. The molecule has 0 spiro atoms. The smallest absolute Gasteiger partial charge is 0.273 e. The molecule has 1 amide bonds. The summed E-state index contributed by atoms with van der Waals surface area (Å²) in [5, 5.41) is 11.8. The number of halogens is 3. The van der Waals surface area contributed by atoms with Crippen LogP contribution in [-0.4, -0.2) is 23.0 Å². The summed E-state index contributed by atoms with van der Waals surface area (Å²) in [6, 6.07) is 9.27. The van der Waals surface area contributed by atoms with Crippen LogP contribution >= 0.6 is 23.2 Å². The van der Waals surface area contributed by atoms with Gasteiger partial charge < -0.3 is 19.8 Å². The Bertz CT molecular complexity index is 1160. The van der Waals surface area contributed by atoms with E-state index in [1.54, 1.807) is 6.92 Å². The van der Waals surface area contributed by atoms with E-state index < -0.39 is 11.7 Å². The molecule has 30 heavy (non-hydrogen) atoms. The normalized spacial score (nSPS) is 10.4. The second-order valence-electron chi connectivity index (χ2n) is 6.13. The van der Waals surface area contributed by atoms with Gasteiger partial charge in [0.15, 0.2) is 17.3 Å². The molecule has 0 fully saturated rings. The van der Waals surface area contributed by atoms with Gasteiger partial charge in [-0.1, -0.05) is 29.3 Å². The molecule has 10 heteroatoms. The number of aromatic amines is 1. The van der Waals surface area contributed by atoms with E-state index in [2.05, 4.69) is 15.3 Å². The summed E-state index contributed by atoms with van der Waals surface area (Å²) in [5.74, 6) is -0.536.